The van der Waals surface area contributed by atoms with Crippen LogP contribution in [0.15, 0.2) is 12.2 Å². The maximum absolute atomic E-state index is 11.4. The minimum absolute atomic E-state index is 0.195. The van der Waals surface area contributed by atoms with E-state index in [2.05, 4.69) is 6.92 Å². The fourth-order valence-corrected chi connectivity index (χ4v) is 1.64. The third kappa shape index (κ3) is 3.20. The second-order valence-electron chi connectivity index (χ2n) is 3.70. The number of hydrogen-bond acceptors (Lipinski definition) is 2. The van der Waals surface area contributed by atoms with E-state index in [9.17, 15) is 9.59 Å². The summed E-state index contributed by atoms with van der Waals surface area (Å²) in [4.78, 5) is 23.3. The maximum Gasteiger partial charge on any atom is 0.328 e. The van der Waals surface area contributed by atoms with Gasteiger partial charge in [0, 0.05) is 25.2 Å². The number of piperidine rings is 1. The summed E-state index contributed by atoms with van der Waals surface area (Å²) in [5, 5.41) is 8.36. The molecule has 1 heterocycles. The van der Waals surface area contributed by atoms with Gasteiger partial charge in [-0.25, -0.2) is 4.79 Å². The zero-order valence-electron chi connectivity index (χ0n) is 8.27. The molecule has 0 radical (unpaired) electrons. The second-order valence-corrected chi connectivity index (χ2v) is 3.70. The number of carboxylic acid groups (broad SMARTS) is 1. The molecule has 0 aromatic heterocycles. The van der Waals surface area contributed by atoms with Crippen LogP contribution in [0.5, 0.6) is 0 Å². The number of rotatable bonds is 2. The summed E-state index contributed by atoms with van der Waals surface area (Å²) < 4.78 is 0. The molecule has 4 nitrogen and oxygen atoms in total. The predicted molar refractivity (Wildman–Crippen MR) is 51.8 cm³/mol. The van der Waals surface area contributed by atoms with Gasteiger partial charge in [0.15, 0.2) is 0 Å². The van der Waals surface area contributed by atoms with E-state index in [4.69, 9.17) is 5.11 Å². The van der Waals surface area contributed by atoms with Crippen LogP contribution in [0, 0.1) is 5.92 Å². The van der Waals surface area contributed by atoms with E-state index in [0.717, 1.165) is 38.1 Å². The van der Waals surface area contributed by atoms with E-state index < -0.39 is 5.97 Å². The van der Waals surface area contributed by atoms with Crippen molar-refractivity contribution in [3.8, 4) is 0 Å². The summed E-state index contributed by atoms with van der Waals surface area (Å²) in [7, 11) is 0. The topological polar surface area (TPSA) is 57.6 Å². The van der Waals surface area contributed by atoms with Crippen LogP contribution in [-0.4, -0.2) is 35.0 Å². The molecule has 0 aliphatic carbocycles. The summed E-state index contributed by atoms with van der Waals surface area (Å²) in [6.45, 7) is 3.58. The van der Waals surface area contributed by atoms with E-state index in [1.54, 1.807) is 4.90 Å². The first-order valence-corrected chi connectivity index (χ1v) is 4.79. The Morgan fingerprint density at radius 3 is 2.71 bits per heavy atom. The van der Waals surface area contributed by atoms with E-state index in [0.29, 0.717) is 5.92 Å². The van der Waals surface area contributed by atoms with Crippen molar-refractivity contribution >= 4 is 11.9 Å². The van der Waals surface area contributed by atoms with Crippen LogP contribution in [0.4, 0.5) is 0 Å². The molecule has 1 fully saturated rings. The van der Waals surface area contributed by atoms with E-state index in [1.165, 1.54) is 0 Å². The van der Waals surface area contributed by atoms with Crippen molar-refractivity contribution < 1.29 is 14.7 Å². The average Bonchev–Trinajstić information content (AvgIpc) is 2.14. The van der Waals surface area contributed by atoms with Crippen LogP contribution in [-0.2, 0) is 9.59 Å². The highest BCUT2D eigenvalue weighted by Gasteiger charge is 2.18. The Morgan fingerprint density at radius 2 is 2.14 bits per heavy atom. The highest BCUT2D eigenvalue weighted by molar-refractivity contribution is 5.93. The Labute approximate surface area is 83.2 Å². The van der Waals surface area contributed by atoms with Crippen LogP contribution in [0.25, 0.3) is 0 Å². The summed E-state index contributed by atoms with van der Waals surface area (Å²) >= 11 is 0. The van der Waals surface area contributed by atoms with Crippen LogP contribution in [0.2, 0.25) is 0 Å². The van der Waals surface area contributed by atoms with E-state index in [-0.39, 0.29) is 5.91 Å². The first-order valence-electron chi connectivity index (χ1n) is 4.79. The Bertz CT molecular complexity index is 260. The lowest BCUT2D eigenvalue weighted by Crippen LogP contribution is -2.38. The molecule has 0 aromatic rings. The first kappa shape index (κ1) is 10.8. The third-order valence-corrected chi connectivity index (χ3v) is 2.34. The number of carbonyl (C=O) groups excluding carboxylic acids is 1. The molecule has 0 bridgehead atoms. The van der Waals surface area contributed by atoms with Gasteiger partial charge in [0.1, 0.15) is 0 Å². The molecule has 78 valence electrons. The number of carbonyl (C=O) groups is 2. The molecule has 1 amide bonds. The Balaban J connectivity index is 2.47. The predicted octanol–water partition coefficient (Wildman–Crippen LogP) is 0.886. The highest BCUT2D eigenvalue weighted by Crippen LogP contribution is 2.15. The summed E-state index contributed by atoms with van der Waals surface area (Å²) in [6.07, 6.45) is 4.17. The molecule has 0 spiro atoms. The van der Waals surface area contributed by atoms with Gasteiger partial charge in [-0.1, -0.05) is 6.92 Å². The van der Waals surface area contributed by atoms with E-state index >= 15 is 0 Å². The monoisotopic (exact) mass is 197 g/mol. The summed E-state index contributed by atoms with van der Waals surface area (Å²) in [5.74, 6) is -0.756. The smallest absolute Gasteiger partial charge is 0.328 e. The molecule has 0 saturated carbocycles. The van der Waals surface area contributed by atoms with Gasteiger partial charge in [0.2, 0.25) is 5.91 Å². The van der Waals surface area contributed by atoms with E-state index in [1.807, 2.05) is 0 Å². The van der Waals surface area contributed by atoms with Gasteiger partial charge in [0.25, 0.3) is 0 Å². The van der Waals surface area contributed by atoms with Crippen molar-refractivity contribution in [2.45, 2.75) is 19.8 Å². The van der Waals surface area contributed by atoms with Crippen molar-refractivity contribution in [2.75, 3.05) is 13.1 Å². The maximum atomic E-state index is 11.4. The molecular formula is C10H15NO3. The summed E-state index contributed by atoms with van der Waals surface area (Å²) in [5.41, 5.74) is 0. The lowest BCUT2D eigenvalue weighted by Gasteiger charge is -2.29. The van der Waals surface area contributed by atoms with Gasteiger partial charge in [-0.2, -0.15) is 0 Å². The Morgan fingerprint density at radius 1 is 1.43 bits per heavy atom. The number of hydrogen-bond donors (Lipinski definition) is 1. The quantitative estimate of drug-likeness (QED) is 0.669. The standard InChI is InChI=1S/C10H15NO3/c1-8-3-2-6-11(7-8)9(12)4-5-10(13)14/h4-5,8H,2-3,6-7H2,1H3,(H,13,14)/b5-4+. The minimum atomic E-state index is -1.08. The van der Waals surface area contributed by atoms with Gasteiger partial charge < -0.3 is 10.0 Å². The van der Waals surface area contributed by atoms with Crippen LogP contribution >= 0.6 is 0 Å². The van der Waals surface area contributed by atoms with Crippen molar-refractivity contribution in [1.29, 1.82) is 0 Å². The number of amides is 1. The molecular weight excluding hydrogens is 182 g/mol. The van der Waals surface area contributed by atoms with Crippen LogP contribution < -0.4 is 0 Å². The van der Waals surface area contributed by atoms with Crippen LogP contribution in [0.1, 0.15) is 19.8 Å². The minimum Gasteiger partial charge on any atom is -0.478 e. The Kier molecular flexibility index (Phi) is 3.68. The Hall–Kier alpha value is -1.32. The first-order chi connectivity index (χ1) is 6.59. The van der Waals surface area contributed by atoms with Crippen LogP contribution in [0.3, 0.4) is 0 Å². The molecule has 14 heavy (non-hydrogen) atoms. The molecule has 1 atom stereocenters. The molecule has 4 heteroatoms. The van der Waals surface area contributed by atoms with Crippen molar-refractivity contribution in [3.05, 3.63) is 12.2 Å². The number of likely N-dealkylation sites (tertiary alicyclic amines) is 1. The van der Waals surface area contributed by atoms with Crippen molar-refractivity contribution in [1.82, 2.24) is 4.90 Å². The lowest BCUT2D eigenvalue weighted by molar-refractivity contribution is -0.132. The van der Waals surface area contributed by atoms with Gasteiger partial charge >= 0.3 is 5.97 Å². The number of aliphatic carboxylic acids is 1. The summed E-state index contributed by atoms with van der Waals surface area (Å²) in [6, 6.07) is 0. The third-order valence-electron chi connectivity index (χ3n) is 2.34. The van der Waals surface area contributed by atoms with Crippen molar-refractivity contribution in [2.24, 2.45) is 5.92 Å². The molecule has 1 aliphatic rings. The molecule has 1 unspecified atom stereocenters. The largest absolute Gasteiger partial charge is 0.478 e. The highest BCUT2D eigenvalue weighted by atomic mass is 16.4. The van der Waals surface area contributed by atoms with Gasteiger partial charge in [-0.15, -0.1) is 0 Å². The fourth-order valence-electron chi connectivity index (χ4n) is 1.64. The second kappa shape index (κ2) is 4.79. The van der Waals surface area contributed by atoms with Gasteiger partial charge in [-0.3, -0.25) is 4.79 Å². The number of carboxylic acids is 1. The molecule has 1 rings (SSSR count). The average molecular weight is 197 g/mol. The normalized spacial score (nSPS) is 22.6. The molecule has 0 aromatic carbocycles. The molecule has 1 aliphatic heterocycles. The molecule has 1 N–H and O–H groups in total. The van der Waals surface area contributed by atoms with Crippen molar-refractivity contribution in [3.63, 3.8) is 0 Å². The SMILES string of the molecule is CC1CCCN(C(=O)/C=C/C(=O)O)C1. The molecule has 1 saturated heterocycles. The van der Waals surface area contributed by atoms with Gasteiger partial charge in [-0.05, 0) is 18.8 Å². The fraction of sp³-hybridized carbons (Fsp3) is 0.600. The zero-order chi connectivity index (χ0) is 10.6. The zero-order valence-corrected chi connectivity index (χ0v) is 8.27. The number of nitrogens with zero attached hydrogens (tertiary/aromatic N) is 1. The van der Waals surface area contributed by atoms with Gasteiger partial charge in [0.05, 0.1) is 0 Å². The lowest BCUT2D eigenvalue weighted by atomic mass is 10.0.